The molecule has 0 radical (unpaired) electrons. The standard InChI is InChI=1S/C16H16O8S2/c1-3-16(17)24-13-7-6-12(9-15(13)26(21,22)23)11-5-4-10(2)14(8-11)25(18,19)20/h4-9H,3H2,1-2H3,(H,18,19,20)(H,21,22,23). The maximum atomic E-state index is 11.6. The molecule has 2 aromatic carbocycles. The van der Waals surface area contributed by atoms with Gasteiger partial charge in [-0.3, -0.25) is 13.9 Å². The van der Waals surface area contributed by atoms with Crippen molar-refractivity contribution in [1.29, 1.82) is 0 Å². The van der Waals surface area contributed by atoms with E-state index in [-0.39, 0.29) is 28.2 Å². The molecule has 0 heterocycles. The topological polar surface area (TPSA) is 135 Å². The molecule has 2 rings (SSSR count). The molecule has 0 spiro atoms. The number of carbonyl (C=O) groups is 1. The Bertz CT molecular complexity index is 1070. The van der Waals surface area contributed by atoms with E-state index in [1.165, 1.54) is 44.2 Å². The Kier molecular flexibility index (Phi) is 5.52. The number of ether oxygens (including phenoxy) is 1. The van der Waals surface area contributed by atoms with Crippen molar-refractivity contribution in [2.24, 2.45) is 0 Å². The van der Waals surface area contributed by atoms with E-state index in [9.17, 15) is 30.7 Å². The van der Waals surface area contributed by atoms with Gasteiger partial charge in [-0.15, -0.1) is 0 Å². The molecule has 0 amide bonds. The molecular formula is C16H16O8S2. The average Bonchev–Trinajstić information content (AvgIpc) is 2.53. The number of benzene rings is 2. The average molecular weight is 400 g/mol. The number of carbonyl (C=O) groups excluding carboxylic acids is 1. The van der Waals surface area contributed by atoms with Crippen LogP contribution in [0.25, 0.3) is 11.1 Å². The summed E-state index contributed by atoms with van der Waals surface area (Å²) >= 11 is 0. The molecule has 0 fully saturated rings. The Hall–Kier alpha value is -2.27. The molecule has 0 unspecified atom stereocenters. The molecule has 2 aromatic rings. The first-order chi connectivity index (χ1) is 11.9. The minimum Gasteiger partial charge on any atom is -0.425 e. The van der Waals surface area contributed by atoms with Gasteiger partial charge in [-0.25, -0.2) is 0 Å². The summed E-state index contributed by atoms with van der Waals surface area (Å²) in [5.41, 5.74) is 0.820. The summed E-state index contributed by atoms with van der Waals surface area (Å²) in [4.78, 5) is 10.5. The largest absolute Gasteiger partial charge is 0.425 e. The number of rotatable bonds is 5. The van der Waals surface area contributed by atoms with Crippen molar-refractivity contribution in [3.63, 3.8) is 0 Å². The highest BCUT2D eigenvalue weighted by atomic mass is 32.2. The maximum absolute atomic E-state index is 11.6. The summed E-state index contributed by atoms with van der Waals surface area (Å²) in [5.74, 6) is -1.03. The summed E-state index contributed by atoms with van der Waals surface area (Å²) in [7, 11) is -9.18. The van der Waals surface area contributed by atoms with Crippen LogP contribution in [0.2, 0.25) is 0 Å². The maximum Gasteiger partial charge on any atom is 0.310 e. The molecule has 8 nitrogen and oxygen atoms in total. The molecule has 0 aliphatic heterocycles. The molecule has 0 saturated heterocycles. The van der Waals surface area contributed by atoms with Crippen LogP contribution in [0.4, 0.5) is 0 Å². The van der Waals surface area contributed by atoms with E-state index < -0.39 is 31.1 Å². The second kappa shape index (κ2) is 7.16. The SMILES string of the molecule is CCC(=O)Oc1ccc(-c2ccc(C)c(S(=O)(=O)O)c2)cc1S(=O)(=O)O. The van der Waals surface area contributed by atoms with Crippen LogP contribution in [0.1, 0.15) is 18.9 Å². The van der Waals surface area contributed by atoms with Crippen molar-refractivity contribution in [2.75, 3.05) is 0 Å². The Morgan fingerprint density at radius 3 is 1.92 bits per heavy atom. The van der Waals surface area contributed by atoms with Crippen molar-refractivity contribution < 1.29 is 35.5 Å². The van der Waals surface area contributed by atoms with E-state index in [2.05, 4.69) is 0 Å². The van der Waals surface area contributed by atoms with Crippen LogP contribution in [-0.4, -0.2) is 31.9 Å². The molecule has 0 aliphatic rings. The number of esters is 1. The fourth-order valence-electron chi connectivity index (χ4n) is 2.23. The first-order valence-electron chi connectivity index (χ1n) is 7.34. The van der Waals surface area contributed by atoms with Crippen LogP contribution in [0.3, 0.4) is 0 Å². The Labute approximate surface area is 150 Å². The summed E-state index contributed by atoms with van der Waals surface area (Å²) in [6, 6.07) is 7.75. The lowest BCUT2D eigenvalue weighted by molar-refractivity contribution is -0.134. The van der Waals surface area contributed by atoms with Crippen LogP contribution < -0.4 is 4.74 Å². The Morgan fingerprint density at radius 2 is 1.42 bits per heavy atom. The van der Waals surface area contributed by atoms with Crippen LogP contribution in [0.5, 0.6) is 5.75 Å². The van der Waals surface area contributed by atoms with Gasteiger partial charge in [-0.05, 0) is 41.8 Å². The molecule has 0 aromatic heterocycles. The van der Waals surface area contributed by atoms with Crippen molar-refractivity contribution in [1.82, 2.24) is 0 Å². The zero-order valence-electron chi connectivity index (χ0n) is 13.8. The van der Waals surface area contributed by atoms with E-state index >= 15 is 0 Å². The minimum absolute atomic E-state index is 0.00233. The first kappa shape index (κ1) is 20.0. The normalized spacial score (nSPS) is 12.0. The van der Waals surface area contributed by atoms with E-state index in [1.807, 2.05) is 0 Å². The van der Waals surface area contributed by atoms with Crippen LogP contribution >= 0.6 is 0 Å². The number of hydrogen-bond donors (Lipinski definition) is 2. The lowest BCUT2D eigenvalue weighted by Crippen LogP contribution is -2.10. The van der Waals surface area contributed by atoms with E-state index in [4.69, 9.17) is 4.74 Å². The lowest BCUT2D eigenvalue weighted by atomic mass is 10.0. The Morgan fingerprint density at radius 1 is 0.923 bits per heavy atom. The van der Waals surface area contributed by atoms with Gasteiger partial charge in [0, 0.05) is 6.42 Å². The predicted octanol–water partition coefficient (Wildman–Crippen LogP) is 2.47. The highest BCUT2D eigenvalue weighted by Crippen LogP contribution is 2.32. The molecule has 10 heteroatoms. The summed E-state index contributed by atoms with van der Waals surface area (Å²) in [6.07, 6.45) is 0.00233. The van der Waals surface area contributed by atoms with Gasteiger partial charge in [0.1, 0.15) is 4.90 Å². The Balaban J connectivity index is 2.64. The van der Waals surface area contributed by atoms with Crippen molar-refractivity contribution in [2.45, 2.75) is 30.1 Å². The van der Waals surface area contributed by atoms with E-state index in [0.717, 1.165) is 6.07 Å². The molecule has 0 saturated carbocycles. The quantitative estimate of drug-likeness (QED) is 0.444. The molecule has 0 bridgehead atoms. The summed E-state index contributed by atoms with van der Waals surface area (Å²) < 4.78 is 69.7. The second-order valence-electron chi connectivity index (χ2n) is 5.42. The fraction of sp³-hybridized carbons (Fsp3) is 0.188. The smallest absolute Gasteiger partial charge is 0.310 e. The molecule has 0 aliphatic carbocycles. The molecule has 26 heavy (non-hydrogen) atoms. The monoisotopic (exact) mass is 400 g/mol. The third-order valence-corrected chi connectivity index (χ3v) is 5.40. The van der Waals surface area contributed by atoms with Crippen molar-refractivity contribution >= 4 is 26.2 Å². The zero-order valence-corrected chi connectivity index (χ0v) is 15.5. The molecule has 2 N–H and O–H groups in total. The number of hydrogen-bond acceptors (Lipinski definition) is 6. The van der Waals surface area contributed by atoms with Gasteiger partial charge in [-0.2, -0.15) is 16.8 Å². The van der Waals surface area contributed by atoms with Gasteiger partial charge in [-0.1, -0.05) is 25.1 Å². The lowest BCUT2D eigenvalue weighted by Gasteiger charge is -2.11. The third kappa shape index (κ3) is 4.47. The van der Waals surface area contributed by atoms with Crippen molar-refractivity contribution in [3.05, 3.63) is 42.0 Å². The van der Waals surface area contributed by atoms with E-state index in [1.54, 1.807) is 0 Å². The second-order valence-corrected chi connectivity index (χ2v) is 8.20. The van der Waals surface area contributed by atoms with Crippen molar-refractivity contribution in [3.8, 4) is 16.9 Å². The highest BCUT2D eigenvalue weighted by molar-refractivity contribution is 7.86. The van der Waals surface area contributed by atoms with Gasteiger partial charge in [0.2, 0.25) is 0 Å². The summed E-state index contributed by atoms with van der Waals surface area (Å²) in [6.45, 7) is 3.01. The third-order valence-electron chi connectivity index (χ3n) is 3.53. The van der Waals surface area contributed by atoms with Gasteiger partial charge < -0.3 is 4.74 Å². The number of aryl methyl sites for hydroxylation is 1. The van der Waals surface area contributed by atoms with Gasteiger partial charge >= 0.3 is 5.97 Å². The van der Waals surface area contributed by atoms with Gasteiger partial charge in [0.05, 0.1) is 4.90 Å². The van der Waals surface area contributed by atoms with Gasteiger partial charge in [0.15, 0.2) is 5.75 Å². The minimum atomic E-state index is -4.71. The van der Waals surface area contributed by atoms with E-state index in [0.29, 0.717) is 5.56 Å². The van der Waals surface area contributed by atoms with Crippen LogP contribution in [0.15, 0.2) is 46.2 Å². The fourth-order valence-corrected chi connectivity index (χ4v) is 3.62. The first-order valence-corrected chi connectivity index (χ1v) is 10.2. The van der Waals surface area contributed by atoms with Gasteiger partial charge in [0.25, 0.3) is 20.2 Å². The summed E-state index contributed by atoms with van der Waals surface area (Å²) in [5, 5.41) is 0. The highest BCUT2D eigenvalue weighted by Gasteiger charge is 2.21. The van der Waals surface area contributed by atoms with Crippen LogP contribution in [0, 0.1) is 6.92 Å². The predicted molar refractivity (Wildman–Crippen MR) is 92.2 cm³/mol. The van der Waals surface area contributed by atoms with Crippen LogP contribution in [-0.2, 0) is 25.0 Å². The molecule has 0 atom stereocenters. The molecular weight excluding hydrogens is 384 g/mol. The molecule has 140 valence electrons. The zero-order chi connectivity index (χ0) is 19.7.